The topological polar surface area (TPSA) is 88.7 Å². The van der Waals surface area contributed by atoms with Gasteiger partial charge in [0.25, 0.3) is 5.69 Å². The van der Waals surface area contributed by atoms with Crippen LogP contribution in [0.3, 0.4) is 0 Å². The van der Waals surface area contributed by atoms with Crippen LogP contribution in [-0.4, -0.2) is 63.7 Å². The molecule has 1 aromatic carbocycles. The molecule has 1 aliphatic rings. The third-order valence-corrected chi connectivity index (χ3v) is 6.74. The van der Waals surface area contributed by atoms with E-state index in [-0.39, 0.29) is 17.8 Å². The van der Waals surface area contributed by atoms with Crippen LogP contribution in [0.5, 0.6) is 5.75 Å². The molecule has 184 valence electrons. The average molecular weight is 495 g/mol. The van der Waals surface area contributed by atoms with Gasteiger partial charge in [-0.25, -0.2) is 0 Å². The van der Waals surface area contributed by atoms with Gasteiger partial charge < -0.3 is 24.4 Å². The summed E-state index contributed by atoms with van der Waals surface area (Å²) in [5.41, 5.74) is 4.54. The number of hydrogen-bond acceptors (Lipinski definition) is 6. The van der Waals surface area contributed by atoms with Gasteiger partial charge in [-0.1, -0.05) is 6.07 Å². The molecule has 0 bridgehead atoms. The van der Waals surface area contributed by atoms with Crippen LogP contribution in [0.4, 0.5) is 5.69 Å². The number of aryl methyl sites for hydroxylation is 1. The van der Waals surface area contributed by atoms with Gasteiger partial charge >= 0.3 is 0 Å². The van der Waals surface area contributed by atoms with Crippen molar-refractivity contribution in [3.8, 4) is 11.4 Å². The summed E-state index contributed by atoms with van der Waals surface area (Å²) in [6.45, 7) is 5.61. The number of non-ortho nitro benzene ring substituents is 1. The van der Waals surface area contributed by atoms with Crippen molar-refractivity contribution in [1.29, 1.82) is 0 Å². The van der Waals surface area contributed by atoms with Crippen LogP contribution in [0, 0.1) is 24.0 Å². The number of nitro benzene ring substituents is 1. The van der Waals surface area contributed by atoms with E-state index >= 15 is 0 Å². The number of likely N-dealkylation sites (N-methyl/N-ethyl adjacent to an activating group) is 1. The minimum Gasteiger partial charge on any atom is -0.495 e. The van der Waals surface area contributed by atoms with Crippen molar-refractivity contribution in [2.45, 2.75) is 25.9 Å². The van der Waals surface area contributed by atoms with E-state index in [1.807, 2.05) is 50.7 Å². The van der Waals surface area contributed by atoms with E-state index in [2.05, 4.69) is 26.2 Å². The third kappa shape index (κ3) is 4.71. The summed E-state index contributed by atoms with van der Waals surface area (Å²) in [7, 11) is 5.65. The van der Waals surface area contributed by atoms with Gasteiger partial charge in [0.2, 0.25) is 0 Å². The Morgan fingerprint density at radius 1 is 1.23 bits per heavy atom. The van der Waals surface area contributed by atoms with E-state index in [1.54, 1.807) is 25.4 Å². The molecule has 2 aromatic heterocycles. The van der Waals surface area contributed by atoms with Crippen molar-refractivity contribution in [2.24, 2.45) is 0 Å². The van der Waals surface area contributed by atoms with E-state index in [0.717, 1.165) is 35.7 Å². The average Bonchev–Trinajstić information content (AvgIpc) is 3.32. The summed E-state index contributed by atoms with van der Waals surface area (Å²) in [5, 5.41) is 15.7. The Hall–Kier alpha value is -3.50. The fourth-order valence-electron chi connectivity index (χ4n) is 4.72. The van der Waals surface area contributed by atoms with Gasteiger partial charge in [0.15, 0.2) is 5.11 Å². The zero-order valence-corrected chi connectivity index (χ0v) is 21.4. The lowest BCUT2D eigenvalue weighted by Crippen LogP contribution is -2.35. The summed E-state index contributed by atoms with van der Waals surface area (Å²) in [4.78, 5) is 20.1. The molecule has 10 heteroatoms. The predicted octanol–water partition coefficient (Wildman–Crippen LogP) is 3.94. The lowest BCUT2D eigenvalue weighted by Gasteiger charge is -2.29. The van der Waals surface area contributed by atoms with Gasteiger partial charge in [-0.05, 0) is 70.0 Å². The quantitative estimate of drug-likeness (QED) is 0.286. The van der Waals surface area contributed by atoms with Gasteiger partial charge in [-0.15, -0.1) is 0 Å². The lowest BCUT2D eigenvalue weighted by molar-refractivity contribution is -0.384. The first kappa shape index (κ1) is 24.6. The minimum absolute atomic E-state index is 0.0116. The van der Waals surface area contributed by atoms with Gasteiger partial charge in [0, 0.05) is 42.8 Å². The molecule has 1 aliphatic heterocycles. The molecule has 9 nitrogen and oxygen atoms in total. The molecule has 1 saturated heterocycles. The Kier molecular flexibility index (Phi) is 7.04. The van der Waals surface area contributed by atoms with E-state index in [9.17, 15) is 10.1 Å². The highest BCUT2D eigenvalue weighted by molar-refractivity contribution is 7.80. The molecule has 0 radical (unpaired) electrons. The molecule has 2 atom stereocenters. The molecule has 0 aliphatic carbocycles. The zero-order chi connectivity index (χ0) is 25.3. The van der Waals surface area contributed by atoms with Crippen LogP contribution < -0.4 is 10.1 Å². The normalized spacial score (nSPS) is 17.7. The van der Waals surface area contributed by atoms with Gasteiger partial charge in [0.05, 0.1) is 35.5 Å². The summed E-state index contributed by atoms with van der Waals surface area (Å²) in [6.07, 6.45) is 1.79. The Morgan fingerprint density at radius 3 is 2.63 bits per heavy atom. The van der Waals surface area contributed by atoms with Crippen molar-refractivity contribution in [3.05, 3.63) is 81.4 Å². The number of ether oxygens (including phenoxy) is 1. The van der Waals surface area contributed by atoms with Crippen LogP contribution in [0.2, 0.25) is 0 Å². The number of thiocarbonyl (C=S) groups is 1. The number of nitrogens with one attached hydrogen (secondary N) is 1. The lowest BCUT2D eigenvalue weighted by atomic mass is 9.96. The molecule has 1 fully saturated rings. The van der Waals surface area contributed by atoms with Crippen molar-refractivity contribution < 1.29 is 9.66 Å². The van der Waals surface area contributed by atoms with E-state index in [1.165, 1.54) is 6.07 Å². The number of nitrogens with zero attached hydrogens (tertiary/aromatic N) is 5. The first-order valence-electron chi connectivity index (χ1n) is 11.4. The van der Waals surface area contributed by atoms with Crippen molar-refractivity contribution >= 4 is 23.0 Å². The molecule has 35 heavy (non-hydrogen) atoms. The van der Waals surface area contributed by atoms with Crippen molar-refractivity contribution in [2.75, 3.05) is 34.3 Å². The first-order valence-corrected chi connectivity index (χ1v) is 11.8. The maximum atomic E-state index is 11.5. The van der Waals surface area contributed by atoms with Gasteiger partial charge in [-0.2, -0.15) is 0 Å². The van der Waals surface area contributed by atoms with Crippen LogP contribution in [0.25, 0.3) is 5.69 Å². The highest BCUT2D eigenvalue weighted by atomic mass is 32.1. The van der Waals surface area contributed by atoms with Crippen molar-refractivity contribution in [1.82, 2.24) is 24.7 Å². The molecule has 0 saturated carbocycles. The van der Waals surface area contributed by atoms with E-state index in [4.69, 9.17) is 17.0 Å². The SMILES string of the molecule is COc1ccc([N+](=O)[O-])cc1-n1c(C)cc([C@@H]2[C@H](c3ccccn3)NC(=S)N2CCN(C)C)c1C. The molecule has 0 unspecified atom stereocenters. The zero-order valence-electron chi connectivity index (χ0n) is 20.6. The fourth-order valence-corrected chi connectivity index (χ4v) is 5.05. The summed E-state index contributed by atoms with van der Waals surface area (Å²) >= 11 is 5.78. The summed E-state index contributed by atoms with van der Waals surface area (Å²) in [6, 6.07) is 12.4. The smallest absolute Gasteiger partial charge is 0.271 e. The first-order chi connectivity index (χ1) is 16.7. The summed E-state index contributed by atoms with van der Waals surface area (Å²) in [5.74, 6) is 0.565. The van der Waals surface area contributed by atoms with Crippen molar-refractivity contribution in [3.63, 3.8) is 0 Å². The molecule has 3 aromatic rings. The van der Waals surface area contributed by atoms with Crippen LogP contribution in [0.15, 0.2) is 48.7 Å². The fraction of sp³-hybridized carbons (Fsp3) is 0.360. The number of hydrogen-bond donors (Lipinski definition) is 1. The molecule has 3 heterocycles. The maximum Gasteiger partial charge on any atom is 0.271 e. The largest absolute Gasteiger partial charge is 0.495 e. The highest BCUT2D eigenvalue weighted by Gasteiger charge is 2.41. The maximum absolute atomic E-state index is 11.5. The number of methoxy groups -OCH3 is 1. The minimum atomic E-state index is -0.391. The Morgan fingerprint density at radius 2 is 2.00 bits per heavy atom. The number of nitro groups is 1. The predicted molar refractivity (Wildman–Crippen MR) is 139 cm³/mol. The molecule has 1 N–H and O–H groups in total. The molecule has 0 spiro atoms. The second kappa shape index (κ2) is 10.0. The second-order valence-corrected chi connectivity index (χ2v) is 9.29. The van der Waals surface area contributed by atoms with Crippen LogP contribution in [-0.2, 0) is 0 Å². The number of aromatic nitrogens is 2. The van der Waals surface area contributed by atoms with Crippen LogP contribution >= 0.6 is 12.2 Å². The highest BCUT2D eigenvalue weighted by Crippen LogP contribution is 2.42. The molecule has 4 rings (SSSR count). The number of rotatable bonds is 8. The summed E-state index contributed by atoms with van der Waals surface area (Å²) < 4.78 is 7.59. The van der Waals surface area contributed by atoms with Gasteiger partial charge in [0.1, 0.15) is 5.75 Å². The Balaban J connectivity index is 1.86. The number of benzene rings is 1. The molecular weight excluding hydrogens is 464 g/mol. The Labute approximate surface area is 210 Å². The third-order valence-electron chi connectivity index (χ3n) is 6.39. The monoisotopic (exact) mass is 494 g/mol. The number of pyridine rings is 1. The van der Waals surface area contributed by atoms with Crippen LogP contribution in [0.1, 0.15) is 34.7 Å². The van der Waals surface area contributed by atoms with E-state index < -0.39 is 4.92 Å². The molecular formula is C25H30N6O3S. The Bertz CT molecular complexity index is 1240. The van der Waals surface area contributed by atoms with E-state index in [0.29, 0.717) is 16.5 Å². The second-order valence-electron chi connectivity index (χ2n) is 8.90. The molecule has 0 amide bonds. The standard InChI is InChI=1S/C25H30N6O3S/c1-16-14-19(17(2)30(16)21-15-18(31(32)33)9-10-22(21)34-5)24-23(20-8-6-7-11-26-20)27-25(35)29(24)13-12-28(3)4/h6-11,14-15,23-24H,12-13H2,1-5H3,(H,27,35)/t23-,24+/m0/s1. The van der Waals surface area contributed by atoms with Gasteiger partial charge in [-0.3, -0.25) is 15.1 Å².